The number of aromatic nitrogens is 3. The molecule has 0 unspecified atom stereocenters. The predicted octanol–water partition coefficient (Wildman–Crippen LogP) is 3.44. The van der Waals surface area contributed by atoms with Crippen LogP contribution in [0.1, 0.15) is 19.4 Å². The van der Waals surface area contributed by atoms with Crippen LogP contribution in [0.3, 0.4) is 0 Å². The Morgan fingerprint density at radius 2 is 2.04 bits per heavy atom. The number of fused-ring (bicyclic) bond motifs is 1. The fourth-order valence-corrected chi connectivity index (χ4v) is 2.85. The van der Waals surface area contributed by atoms with Crippen molar-refractivity contribution in [3.63, 3.8) is 0 Å². The number of aryl methyl sites for hydroxylation is 1. The van der Waals surface area contributed by atoms with Crippen LogP contribution in [-0.2, 0) is 17.9 Å². The Labute approximate surface area is 135 Å². The number of anilines is 1. The highest BCUT2D eigenvalue weighted by Crippen LogP contribution is 2.20. The molecule has 0 aliphatic carbocycles. The summed E-state index contributed by atoms with van der Waals surface area (Å²) in [6.07, 6.45) is 5.63. The fraction of sp³-hybridized carbons (Fsp3) is 0.333. The summed E-state index contributed by atoms with van der Waals surface area (Å²) < 4.78 is 3.96. The van der Waals surface area contributed by atoms with Crippen molar-refractivity contribution in [3.8, 4) is 0 Å². The topological polar surface area (TPSA) is 51.9 Å². The third-order valence-electron chi connectivity index (χ3n) is 3.83. The zero-order chi connectivity index (χ0) is 16.4. The van der Waals surface area contributed by atoms with Crippen molar-refractivity contribution in [1.82, 2.24) is 14.1 Å². The molecular weight excluding hydrogens is 288 g/mol. The van der Waals surface area contributed by atoms with Gasteiger partial charge < -0.3 is 9.13 Å². The van der Waals surface area contributed by atoms with Crippen LogP contribution >= 0.6 is 0 Å². The summed E-state index contributed by atoms with van der Waals surface area (Å²) >= 11 is 0. The van der Waals surface area contributed by atoms with Crippen molar-refractivity contribution in [2.75, 3.05) is 5.32 Å². The molecule has 5 nitrogen and oxygen atoms in total. The molecule has 0 atom stereocenters. The molecule has 0 fully saturated rings. The second-order valence-corrected chi connectivity index (χ2v) is 6.30. The van der Waals surface area contributed by atoms with Crippen LogP contribution < -0.4 is 5.32 Å². The first-order valence-corrected chi connectivity index (χ1v) is 7.90. The minimum Gasteiger partial charge on any atom is -0.338 e. The van der Waals surface area contributed by atoms with Gasteiger partial charge in [-0.05, 0) is 24.5 Å². The van der Waals surface area contributed by atoms with Crippen molar-refractivity contribution in [2.45, 2.75) is 33.9 Å². The number of carbonyl (C=O) groups is 1. The molecule has 0 aliphatic heterocycles. The first kappa shape index (κ1) is 15.3. The average molecular weight is 310 g/mol. The lowest BCUT2D eigenvalue weighted by molar-refractivity contribution is -0.116. The van der Waals surface area contributed by atoms with Gasteiger partial charge >= 0.3 is 0 Å². The fourth-order valence-electron chi connectivity index (χ4n) is 2.85. The number of rotatable bonds is 5. The number of carbonyl (C=O) groups excluding carboxylic acids is 1. The van der Waals surface area contributed by atoms with Crippen LogP contribution in [-0.4, -0.2) is 20.0 Å². The molecule has 3 rings (SSSR count). The molecule has 0 saturated carbocycles. The Hall–Kier alpha value is -2.56. The maximum atomic E-state index is 12.4. The van der Waals surface area contributed by atoms with Crippen molar-refractivity contribution < 1.29 is 4.79 Å². The van der Waals surface area contributed by atoms with Crippen LogP contribution in [0.4, 0.5) is 5.95 Å². The lowest BCUT2D eigenvalue weighted by Gasteiger charge is -2.11. The second kappa shape index (κ2) is 6.28. The molecule has 1 aromatic carbocycles. The zero-order valence-electron chi connectivity index (χ0n) is 13.8. The van der Waals surface area contributed by atoms with Gasteiger partial charge in [-0.3, -0.25) is 10.1 Å². The van der Waals surface area contributed by atoms with E-state index in [1.54, 1.807) is 6.20 Å². The van der Waals surface area contributed by atoms with Gasteiger partial charge in [-0.1, -0.05) is 32.0 Å². The number of nitrogens with one attached hydrogen (secondary N) is 1. The maximum absolute atomic E-state index is 12.4. The molecule has 5 heteroatoms. The molecule has 1 N–H and O–H groups in total. The van der Waals surface area contributed by atoms with Crippen molar-refractivity contribution >= 4 is 22.8 Å². The molecular formula is C18H22N4O. The van der Waals surface area contributed by atoms with E-state index in [0.29, 0.717) is 11.9 Å². The van der Waals surface area contributed by atoms with E-state index in [4.69, 9.17) is 0 Å². The molecule has 0 saturated heterocycles. The molecule has 120 valence electrons. The number of para-hydroxylation sites is 1. The number of hydrogen-bond donors (Lipinski definition) is 1. The molecule has 23 heavy (non-hydrogen) atoms. The van der Waals surface area contributed by atoms with Crippen LogP contribution in [0, 0.1) is 12.8 Å². The van der Waals surface area contributed by atoms with Crippen LogP contribution in [0.2, 0.25) is 0 Å². The first-order chi connectivity index (χ1) is 11.0. The normalized spacial score (nSPS) is 11.3. The molecule has 0 radical (unpaired) electrons. The Bertz CT molecular complexity index is 829. The van der Waals surface area contributed by atoms with Gasteiger partial charge in [-0.15, -0.1) is 0 Å². The molecule has 0 spiro atoms. The van der Waals surface area contributed by atoms with Gasteiger partial charge in [-0.2, -0.15) is 0 Å². The Morgan fingerprint density at radius 3 is 2.83 bits per heavy atom. The summed E-state index contributed by atoms with van der Waals surface area (Å²) in [6, 6.07) is 8.12. The standard InChI is InChI=1S/C18H22N4O/c1-13(2)10-21-9-8-19-18(21)20-17(23)12-22-11-14(3)15-6-4-5-7-16(15)22/h4-9,11,13H,10,12H2,1-3H3,(H,19,20,23). The monoisotopic (exact) mass is 310 g/mol. The SMILES string of the molecule is Cc1cn(CC(=O)Nc2nccn2CC(C)C)c2ccccc12. The molecule has 0 bridgehead atoms. The smallest absolute Gasteiger partial charge is 0.246 e. The van der Waals surface area contributed by atoms with E-state index in [1.807, 2.05) is 39.7 Å². The van der Waals surface area contributed by atoms with Crippen LogP contribution in [0.25, 0.3) is 10.9 Å². The lowest BCUT2D eigenvalue weighted by Crippen LogP contribution is -2.21. The van der Waals surface area contributed by atoms with Gasteiger partial charge in [0.2, 0.25) is 11.9 Å². The lowest BCUT2D eigenvalue weighted by atomic mass is 10.2. The van der Waals surface area contributed by atoms with E-state index in [0.717, 1.165) is 12.1 Å². The molecule has 2 heterocycles. The van der Waals surface area contributed by atoms with Gasteiger partial charge in [0, 0.05) is 36.0 Å². The zero-order valence-corrected chi connectivity index (χ0v) is 13.8. The van der Waals surface area contributed by atoms with Gasteiger partial charge in [0.05, 0.1) is 0 Å². The highest BCUT2D eigenvalue weighted by Gasteiger charge is 2.11. The molecule has 3 aromatic rings. The maximum Gasteiger partial charge on any atom is 0.246 e. The summed E-state index contributed by atoms with van der Waals surface area (Å²) in [4.78, 5) is 16.6. The van der Waals surface area contributed by atoms with Crippen molar-refractivity contribution in [2.24, 2.45) is 5.92 Å². The number of benzene rings is 1. The third kappa shape index (κ3) is 3.28. The quantitative estimate of drug-likeness (QED) is 0.785. The van der Waals surface area contributed by atoms with Gasteiger partial charge in [0.15, 0.2) is 0 Å². The number of imidazole rings is 1. The highest BCUT2D eigenvalue weighted by molar-refractivity contribution is 5.91. The minimum absolute atomic E-state index is 0.0676. The summed E-state index contributed by atoms with van der Waals surface area (Å²) in [5.41, 5.74) is 2.25. The van der Waals surface area contributed by atoms with Crippen molar-refractivity contribution in [3.05, 3.63) is 48.4 Å². The number of nitrogens with zero attached hydrogens (tertiary/aromatic N) is 3. The van der Waals surface area contributed by atoms with E-state index in [9.17, 15) is 4.79 Å². The minimum atomic E-state index is -0.0676. The predicted molar refractivity (Wildman–Crippen MR) is 92.4 cm³/mol. The largest absolute Gasteiger partial charge is 0.338 e. The van der Waals surface area contributed by atoms with Crippen LogP contribution in [0.15, 0.2) is 42.9 Å². The summed E-state index contributed by atoms with van der Waals surface area (Å²) in [6.45, 7) is 7.46. The molecule has 0 aliphatic rings. The Morgan fingerprint density at radius 1 is 1.26 bits per heavy atom. The average Bonchev–Trinajstić information content (AvgIpc) is 3.05. The third-order valence-corrected chi connectivity index (χ3v) is 3.83. The highest BCUT2D eigenvalue weighted by atomic mass is 16.2. The summed E-state index contributed by atoms with van der Waals surface area (Å²) in [7, 11) is 0. The number of amides is 1. The Kier molecular flexibility index (Phi) is 4.19. The van der Waals surface area contributed by atoms with Crippen LogP contribution in [0.5, 0.6) is 0 Å². The number of hydrogen-bond acceptors (Lipinski definition) is 2. The van der Waals surface area contributed by atoms with E-state index in [1.165, 1.54) is 10.9 Å². The first-order valence-electron chi connectivity index (χ1n) is 7.90. The van der Waals surface area contributed by atoms with E-state index < -0.39 is 0 Å². The summed E-state index contributed by atoms with van der Waals surface area (Å²) in [5.74, 6) is 1.04. The molecule has 1 amide bonds. The van der Waals surface area contributed by atoms with Gasteiger partial charge in [0.1, 0.15) is 6.54 Å². The molecule has 2 aromatic heterocycles. The Balaban J connectivity index is 1.76. The summed E-state index contributed by atoms with van der Waals surface area (Å²) in [5, 5.41) is 4.09. The van der Waals surface area contributed by atoms with E-state index >= 15 is 0 Å². The second-order valence-electron chi connectivity index (χ2n) is 6.30. The van der Waals surface area contributed by atoms with E-state index in [-0.39, 0.29) is 12.5 Å². The van der Waals surface area contributed by atoms with E-state index in [2.05, 4.69) is 37.1 Å². The van der Waals surface area contributed by atoms with Gasteiger partial charge in [0.25, 0.3) is 0 Å². The van der Waals surface area contributed by atoms with Crippen molar-refractivity contribution in [1.29, 1.82) is 0 Å². The van der Waals surface area contributed by atoms with Gasteiger partial charge in [-0.25, -0.2) is 4.98 Å².